The van der Waals surface area contributed by atoms with Gasteiger partial charge in [0.1, 0.15) is 5.82 Å². The summed E-state index contributed by atoms with van der Waals surface area (Å²) in [5, 5.41) is 6.07. The van der Waals surface area contributed by atoms with E-state index in [9.17, 15) is 4.79 Å². The predicted molar refractivity (Wildman–Crippen MR) is 71.3 cm³/mol. The summed E-state index contributed by atoms with van der Waals surface area (Å²) in [5.41, 5.74) is 1.18. The Morgan fingerprint density at radius 3 is 3.22 bits per heavy atom. The van der Waals surface area contributed by atoms with Gasteiger partial charge in [-0.2, -0.15) is 0 Å². The van der Waals surface area contributed by atoms with Crippen LogP contribution in [0.2, 0.25) is 0 Å². The van der Waals surface area contributed by atoms with E-state index in [2.05, 4.69) is 20.5 Å². The highest BCUT2D eigenvalue weighted by Gasteiger charge is 2.25. The van der Waals surface area contributed by atoms with Crippen LogP contribution in [-0.2, 0) is 11.3 Å². The maximum absolute atomic E-state index is 11.6. The number of amides is 1. The number of hydrogen-bond acceptors (Lipinski definition) is 4. The van der Waals surface area contributed by atoms with Crippen molar-refractivity contribution in [3.63, 3.8) is 0 Å². The van der Waals surface area contributed by atoms with Gasteiger partial charge in [-0.05, 0) is 31.5 Å². The van der Waals surface area contributed by atoms with Crippen LogP contribution in [0.25, 0.3) is 0 Å². The number of aromatic nitrogens is 1. The molecule has 1 atom stereocenters. The summed E-state index contributed by atoms with van der Waals surface area (Å²) in [6.45, 7) is 7.26. The molecule has 1 saturated heterocycles. The molecule has 0 spiro atoms. The molecule has 98 valence electrons. The Hall–Kier alpha value is -1.62. The van der Waals surface area contributed by atoms with Gasteiger partial charge in [-0.25, -0.2) is 4.98 Å². The van der Waals surface area contributed by atoms with Crippen molar-refractivity contribution in [2.45, 2.75) is 26.4 Å². The van der Waals surface area contributed by atoms with Crippen LogP contribution < -0.4 is 10.6 Å². The maximum Gasteiger partial charge on any atom is 0.237 e. The van der Waals surface area contributed by atoms with Crippen molar-refractivity contribution in [1.29, 1.82) is 0 Å². The van der Waals surface area contributed by atoms with Crippen LogP contribution in [0.4, 0.5) is 5.82 Å². The maximum atomic E-state index is 11.6. The molecular formula is C13H20N4O. The number of anilines is 1. The lowest BCUT2D eigenvalue weighted by molar-refractivity contribution is -0.128. The second-order valence-corrected chi connectivity index (χ2v) is 4.52. The second kappa shape index (κ2) is 5.82. The van der Waals surface area contributed by atoms with Gasteiger partial charge in [-0.1, -0.05) is 0 Å². The van der Waals surface area contributed by atoms with E-state index in [1.165, 1.54) is 5.56 Å². The summed E-state index contributed by atoms with van der Waals surface area (Å²) in [6.07, 6.45) is 1.81. The smallest absolute Gasteiger partial charge is 0.237 e. The fourth-order valence-electron chi connectivity index (χ4n) is 2.13. The third kappa shape index (κ3) is 2.98. The molecule has 2 rings (SSSR count). The summed E-state index contributed by atoms with van der Waals surface area (Å²) in [4.78, 5) is 18.0. The zero-order chi connectivity index (χ0) is 13.0. The standard InChI is InChI=1S/C13H20N4O/c1-3-14-12-8-11(4-5-15-12)9-17-7-6-16-13(18)10(17)2/h4-5,8,10H,3,6-7,9H2,1-2H3,(H,14,15)(H,16,18). The number of piperazine rings is 1. The number of pyridine rings is 1. The van der Waals surface area contributed by atoms with E-state index in [4.69, 9.17) is 0 Å². The van der Waals surface area contributed by atoms with Crippen molar-refractivity contribution in [3.8, 4) is 0 Å². The van der Waals surface area contributed by atoms with E-state index in [1.807, 2.05) is 32.2 Å². The first-order chi connectivity index (χ1) is 8.70. The summed E-state index contributed by atoms with van der Waals surface area (Å²) in [6, 6.07) is 3.98. The quantitative estimate of drug-likeness (QED) is 0.829. The van der Waals surface area contributed by atoms with Gasteiger partial charge in [0, 0.05) is 32.4 Å². The molecule has 0 aromatic carbocycles. The largest absolute Gasteiger partial charge is 0.370 e. The normalized spacial score (nSPS) is 20.6. The average Bonchev–Trinajstić information content (AvgIpc) is 2.36. The lowest BCUT2D eigenvalue weighted by Crippen LogP contribution is -2.53. The van der Waals surface area contributed by atoms with Crippen LogP contribution >= 0.6 is 0 Å². The molecule has 0 bridgehead atoms. The summed E-state index contributed by atoms with van der Waals surface area (Å²) < 4.78 is 0. The predicted octanol–water partition coefficient (Wildman–Crippen LogP) is 0.834. The van der Waals surface area contributed by atoms with Crippen molar-refractivity contribution in [3.05, 3.63) is 23.9 Å². The topological polar surface area (TPSA) is 57.3 Å². The Morgan fingerprint density at radius 2 is 2.44 bits per heavy atom. The SMILES string of the molecule is CCNc1cc(CN2CCNC(=O)C2C)ccn1. The van der Waals surface area contributed by atoms with Gasteiger partial charge in [-0.15, -0.1) is 0 Å². The Kier molecular flexibility index (Phi) is 4.15. The van der Waals surface area contributed by atoms with Gasteiger partial charge in [-0.3, -0.25) is 9.69 Å². The fourth-order valence-corrected chi connectivity index (χ4v) is 2.13. The van der Waals surface area contributed by atoms with Gasteiger partial charge >= 0.3 is 0 Å². The molecule has 2 heterocycles. The third-order valence-electron chi connectivity index (χ3n) is 3.19. The first-order valence-corrected chi connectivity index (χ1v) is 6.41. The van der Waals surface area contributed by atoms with Crippen LogP contribution in [-0.4, -0.2) is 41.5 Å². The first-order valence-electron chi connectivity index (χ1n) is 6.41. The lowest BCUT2D eigenvalue weighted by atomic mass is 10.1. The first kappa shape index (κ1) is 12.8. The highest BCUT2D eigenvalue weighted by Crippen LogP contribution is 2.13. The van der Waals surface area contributed by atoms with Crippen LogP contribution in [0.5, 0.6) is 0 Å². The van der Waals surface area contributed by atoms with Gasteiger partial charge in [0.15, 0.2) is 0 Å². The van der Waals surface area contributed by atoms with Crippen LogP contribution in [0, 0.1) is 0 Å². The minimum absolute atomic E-state index is 0.0606. The summed E-state index contributed by atoms with van der Waals surface area (Å²) in [7, 11) is 0. The van der Waals surface area contributed by atoms with E-state index >= 15 is 0 Å². The molecule has 0 radical (unpaired) electrons. The van der Waals surface area contributed by atoms with Gasteiger partial charge in [0.2, 0.25) is 5.91 Å². The molecule has 1 aliphatic rings. The molecule has 18 heavy (non-hydrogen) atoms. The van der Waals surface area contributed by atoms with Gasteiger partial charge in [0.05, 0.1) is 6.04 Å². The molecule has 1 aliphatic heterocycles. The molecule has 5 nitrogen and oxygen atoms in total. The Bertz CT molecular complexity index is 421. The number of nitrogens with one attached hydrogen (secondary N) is 2. The zero-order valence-corrected chi connectivity index (χ0v) is 10.9. The number of carbonyl (C=O) groups is 1. The Labute approximate surface area is 108 Å². The van der Waals surface area contributed by atoms with Crippen molar-refractivity contribution >= 4 is 11.7 Å². The molecule has 1 aromatic rings. The molecule has 0 aliphatic carbocycles. The average molecular weight is 248 g/mol. The Morgan fingerprint density at radius 1 is 1.61 bits per heavy atom. The van der Waals surface area contributed by atoms with E-state index in [1.54, 1.807) is 0 Å². The van der Waals surface area contributed by atoms with Crippen LogP contribution in [0.1, 0.15) is 19.4 Å². The third-order valence-corrected chi connectivity index (χ3v) is 3.19. The Balaban J connectivity index is 2.04. The van der Waals surface area contributed by atoms with E-state index in [-0.39, 0.29) is 11.9 Å². The summed E-state index contributed by atoms with van der Waals surface area (Å²) >= 11 is 0. The minimum atomic E-state index is -0.0606. The van der Waals surface area contributed by atoms with E-state index in [0.717, 1.165) is 32.0 Å². The highest BCUT2D eigenvalue weighted by atomic mass is 16.2. The molecule has 1 fully saturated rings. The number of nitrogens with zero attached hydrogens (tertiary/aromatic N) is 2. The molecule has 5 heteroatoms. The van der Waals surface area contributed by atoms with Crippen molar-refractivity contribution in [2.75, 3.05) is 25.0 Å². The van der Waals surface area contributed by atoms with Crippen molar-refractivity contribution in [2.24, 2.45) is 0 Å². The number of rotatable bonds is 4. The molecule has 1 amide bonds. The van der Waals surface area contributed by atoms with E-state index in [0.29, 0.717) is 0 Å². The molecule has 2 N–H and O–H groups in total. The monoisotopic (exact) mass is 248 g/mol. The van der Waals surface area contributed by atoms with Crippen LogP contribution in [0.3, 0.4) is 0 Å². The fraction of sp³-hybridized carbons (Fsp3) is 0.538. The van der Waals surface area contributed by atoms with Gasteiger partial charge < -0.3 is 10.6 Å². The number of hydrogen-bond donors (Lipinski definition) is 2. The number of carbonyl (C=O) groups excluding carboxylic acids is 1. The van der Waals surface area contributed by atoms with Gasteiger partial charge in [0.25, 0.3) is 0 Å². The van der Waals surface area contributed by atoms with Crippen LogP contribution in [0.15, 0.2) is 18.3 Å². The lowest BCUT2D eigenvalue weighted by Gasteiger charge is -2.32. The highest BCUT2D eigenvalue weighted by molar-refractivity contribution is 5.81. The molecular weight excluding hydrogens is 228 g/mol. The van der Waals surface area contributed by atoms with E-state index < -0.39 is 0 Å². The molecule has 1 aromatic heterocycles. The van der Waals surface area contributed by atoms with Crippen molar-refractivity contribution in [1.82, 2.24) is 15.2 Å². The molecule has 1 unspecified atom stereocenters. The summed E-state index contributed by atoms with van der Waals surface area (Å²) in [5.74, 6) is 1.01. The minimum Gasteiger partial charge on any atom is -0.370 e. The van der Waals surface area contributed by atoms with Crippen molar-refractivity contribution < 1.29 is 4.79 Å². The second-order valence-electron chi connectivity index (χ2n) is 4.52. The zero-order valence-electron chi connectivity index (χ0n) is 10.9. The molecule has 0 saturated carbocycles.